The van der Waals surface area contributed by atoms with Crippen molar-refractivity contribution in [3.8, 4) is 5.40 Å². The van der Waals surface area contributed by atoms with Crippen molar-refractivity contribution in [1.29, 1.82) is 5.26 Å². The monoisotopic (exact) mass is 233 g/mol. The van der Waals surface area contributed by atoms with Crippen LogP contribution in [0, 0.1) is 10.7 Å². The summed E-state index contributed by atoms with van der Waals surface area (Å²) in [7, 11) is 0. The van der Waals surface area contributed by atoms with Crippen LogP contribution in [0.15, 0.2) is 0 Å². The van der Waals surface area contributed by atoms with Crippen LogP contribution in [0.5, 0.6) is 0 Å². The van der Waals surface area contributed by atoms with Gasteiger partial charge in [-0.1, -0.05) is 0 Å². The standard InChI is InChI=1S/C2H3NS6/c1-8(4,5)9(6,7)2-3/h1H3. The fourth-order valence-electron chi connectivity index (χ4n) is 0.0677. The van der Waals surface area contributed by atoms with Gasteiger partial charge in [-0.3, -0.25) is 0 Å². The smallest absolute Gasteiger partial charge is 0.151 e. The van der Waals surface area contributed by atoms with Crippen LogP contribution in [-0.4, -0.2) is 6.26 Å². The molecule has 0 rings (SSSR count). The predicted molar refractivity (Wildman–Crippen MR) is 55.7 cm³/mol. The summed E-state index contributed by atoms with van der Waals surface area (Å²) in [6, 6.07) is 0. The van der Waals surface area contributed by atoms with Crippen LogP contribution < -0.4 is 0 Å². The average Bonchev–Trinajstić information content (AvgIpc) is 1.64. The largest absolute Gasteiger partial charge is 0.184 e. The van der Waals surface area contributed by atoms with Crippen molar-refractivity contribution in [2.24, 2.45) is 0 Å². The third-order valence-electron chi connectivity index (χ3n) is 0.510. The summed E-state index contributed by atoms with van der Waals surface area (Å²) < 4.78 is 0. The van der Waals surface area contributed by atoms with Crippen molar-refractivity contribution in [1.82, 2.24) is 0 Å². The highest BCUT2D eigenvalue weighted by Gasteiger charge is 2.04. The van der Waals surface area contributed by atoms with Crippen LogP contribution in [0.3, 0.4) is 0 Å². The molecule has 0 atom stereocenters. The zero-order valence-electron chi connectivity index (χ0n) is 4.40. The molecule has 0 radical (unpaired) electrons. The molecule has 0 N–H and O–H groups in total. The van der Waals surface area contributed by atoms with Gasteiger partial charge in [-0.25, -0.2) is 0 Å². The van der Waals surface area contributed by atoms with E-state index in [-0.39, 0.29) is 0 Å². The second kappa shape index (κ2) is 2.98. The lowest BCUT2D eigenvalue weighted by molar-refractivity contribution is 1.57. The van der Waals surface area contributed by atoms with Crippen LogP contribution in [-0.2, 0) is 57.1 Å². The molecule has 52 valence electrons. The maximum Gasteiger partial charge on any atom is 0.151 e. The highest BCUT2D eigenvalue weighted by atomic mass is 33.7. The molecule has 0 aromatic heterocycles. The number of thiocyanates is 1. The minimum Gasteiger partial charge on any atom is -0.184 e. The fraction of sp³-hybridized carbons (Fsp3) is 0.500. The van der Waals surface area contributed by atoms with Crippen molar-refractivity contribution in [3.63, 3.8) is 0 Å². The molecular weight excluding hydrogens is 230 g/mol. The van der Waals surface area contributed by atoms with E-state index in [0.717, 1.165) is 0 Å². The summed E-state index contributed by atoms with van der Waals surface area (Å²) in [5, 5.41) is 10.2. The van der Waals surface area contributed by atoms with Crippen LogP contribution in [0.4, 0.5) is 0 Å². The molecule has 0 heterocycles. The van der Waals surface area contributed by atoms with Gasteiger partial charge in [-0.15, -0.1) is 0 Å². The normalized spacial score (nSPS) is 12.4. The topological polar surface area (TPSA) is 23.8 Å². The van der Waals surface area contributed by atoms with Crippen molar-refractivity contribution in [2.75, 3.05) is 6.26 Å². The van der Waals surface area contributed by atoms with Gasteiger partial charge in [0, 0.05) is 6.26 Å². The minimum absolute atomic E-state index is 1.62. The summed E-state index contributed by atoms with van der Waals surface area (Å²) >= 11 is 19.1. The van der Waals surface area contributed by atoms with Gasteiger partial charge in [-0.2, -0.15) is 5.26 Å². The van der Waals surface area contributed by atoms with Gasteiger partial charge in [0.05, 0.1) is 6.18 Å². The first-order valence-corrected chi connectivity index (χ1v) is 9.56. The Morgan fingerprint density at radius 3 is 1.56 bits per heavy atom. The van der Waals surface area contributed by atoms with E-state index in [2.05, 4.69) is 0 Å². The summed E-state index contributed by atoms with van der Waals surface area (Å²) in [6.07, 6.45) is -2.36. The zero-order chi connectivity index (χ0) is 7.71. The number of nitriles is 1. The maximum absolute atomic E-state index is 8.40. The van der Waals surface area contributed by atoms with Gasteiger partial charge in [0.1, 0.15) is 0 Å². The van der Waals surface area contributed by atoms with E-state index in [1.807, 2.05) is 5.40 Å². The Balaban J connectivity index is 5.42. The SMILES string of the molecule is CS(=S)(=S)S(=S)(=S)C#N. The first-order chi connectivity index (χ1) is 3.81. The molecule has 0 fully saturated rings. The van der Waals surface area contributed by atoms with Crippen LogP contribution in [0.2, 0.25) is 0 Å². The van der Waals surface area contributed by atoms with Crippen molar-refractivity contribution >= 4 is 57.1 Å². The third-order valence-corrected chi connectivity index (χ3v) is 16.3. The minimum atomic E-state index is -2.15. The summed E-state index contributed by atoms with van der Waals surface area (Å²) in [5.74, 6) is 0. The van der Waals surface area contributed by atoms with E-state index in [1.54, 1.807) is 6.26 Å². The molecule has 7 heteroatoms. The quantitative estimate of drug-likeness (QED) is 0.475. The third kappa shape index (κ3) is 2.65. The number of hydrogen-bond acceptors (Lipinski definition) is 5. The average molecular weight is 233 g/mol. The van der Waals surface area contributed by atoms with Crippen molar-refractivity contribution in [2.45, 2.75) is 0 Å². The molecule has 0 saturated heterocycles. The van der Waals surface area contributed by atoms with E-state index in [0.29, 0.717) is 0 Å². The van der Waals surface area contributed by atoms with Gasteiger partial charge in [0.15, 0.2) is 5.40 Å². The lowest BCUT2D eigenvalue weighted by Crippen LogP contribution is -2.03. The van der Waals surface area contributed by atoms with Gasteiger partial charge < -0.3 is 0 Å². The summed E-state index contributed by atoms with van der Waals surface area (Å²) in [5.41, 5.74) is 0. The lowest BCUT2D eigenvalue weighted by Gasteiger charge is -1.99. The van der Waals surface area contributed by atoms with Crippen LogP contribution in [0.1, 0.15) is 0 Å². The fourth-order valence-corrected chi connectivity index (χ4v) is 1.16. The number of hydrogen-bond donors (Lipinski definition) is 0. The molecule has 0 unspecified atom stereocenters. The van der Waals surface area contributed by atoms with Crippen LogP contribution >= 0.6 is 0 Å². The molecular formula is C2H3NS6. The van der Waals surface area contributed by atoms with E-state index in [9.17, 15) is 0 Å². The second-order valence-corrected chi connectivity index (χ2v) is 18.0. The van der Waals surface area contributed by atoms with Gasteiger partial charge in [0.25, 0.3) is 0 Å². The Hall–Kier alpha value is 1.07. The van der Waals surface area contributed by atoms with E-state index in [1.165, 1.54) is 0 Å². The Bertz CT molecular complexity index is 322. The first-order valence-electron chi connectivity index (χ1n) is 1.67. The van der Waals surface area contributed by atoms with Crippen molar-refractivity contribution in [3.05, 3.63) is 0 Å². The zero-order valence-corrected chi connectivity index (χ0v) is 9.30. The Labute approximate surface area is 73.5 Å². The Kier molecular flexibility index (Phi) is 3.34. The predicted octanol–water partition coefficient (Wildman–Crippen LogP) is 0.168. The van der Waals surface area contributed by atoms with Gasteiger partial charge in [0.2, 0.25) is 0 Å². The molecule has 0 aliphatic heterocycles. The van der Waals surface area contributed by atoms with E-state index >= 15 is 0 Å². The molecule has 0 aliphatic rings. The highest BCUT2D eigenvalue weighted by molar-refractivity contribution is 9.12. The van der Waals surface area contributed by atoms with Gasteiger partial charge >= 0.3 is 0 Å². The second-order valence-electron chi connectivity index (χ2n) is 1.25. The van der Waals surface area contributed by atoms with E-state index < -0.39 is 12.4 Å². The number of rotatable bonds is 1. The lowest BCUT2D eigenvalue weighted by atomic mass is 11.8. The molecule has 0 saturated carbocycles. The van der Waals surface area contributed by atoms with Crippen LogP contribution in [0.25, 0.3) is 0 Å². The molecule has 0 spiro atoms. The molecule has 0 amide bonds. The summed E-state index contributed by atoms with van der Waals surface area (Å²) in [6.45, 7) is 0. The first kappa shape index (κ1) is 10.1. The summed E-state index contributed by atoms with van der Waals surface area (Å²) in [4.78, 5) is 0. The highest BCUT2D eigenvalue weighted by Crippen LogP contribution is 2.00. The molecule has 0 bridgehead atoms. The van der Waals surface area contributed by atoms with Gasteiger partial charge in [-0.05, 0) is 50.9 Å². The van der Waals surface area contributed by atoms with Crippen molar-refractivity contribution < 1.29 is 0 Å². The molecule has 9 heavy (non-hydrogen) atoms. The number of nitrogens with zero attached hydrogens (tertiary/aromatic N) is 1. The van der Waals surface area contributed by atoms with E-state index in [4.69, 9.17) is 50.0 Å². The molecule has 0 aromatic rings. The Morgan fingerprint density at radius 1 is 1.22 bits per heavy atom. The molecule has 1 nitrogen and oxygen atoms in total. The maximum atomic E-state index is 8.40. The Morgan fingerprint density at radius 2 is 1.56 bits per heavy atom. The molecule has 0 aromatic carbocycles. The molecule has 0 aliphatic carbocycles.